The number of carbonyl (C=O) groups excluding carboxylic acids is 5. The molecule has 0 aliphatic carbocycles. The molecule has 0 aromatic carbocycles. The Hall–Kier alpha value is -2.60. The molecule has 0 bridgehead atoms. The molecule has 12 nitrogen and oxygen atoms in total. The molecule has 2 heterocycles. The normalized spacial score (nSPS) is 18.2. The van der Waals surface area contributed by atoms with E-state index in [0.717, 1.165) is 0 Å². The van der Waals surface area contributed by atoms with Gasteiger partial charge in [0.1, 0.15) is 18.7 Å². The van der Waals surface area contributed by atoms with Crippen molar-refractivity contribution in [2.24, 2.45) is 16.6 Å². The van der Waals surface area contributed by atoms with E-state index in [-0.39, 0.29) is 72.8 Å². The zero-order valence-electron chi connectivity index (χ0n) is 24.7. The van der Waals surface area contributed by atoms with Gasteiger partial charge in [-0.2, -0.15) is 0 Å². The summed E-state index contributed by atoms with van der Waals surface area (Å²) < 4.78 is 5.25. The number of nitrogens with two attached hydrogens (primary N) is 1. The third-order valence-corrected chi connectivity index (χ3v) is 6.06. The summed E-state index contributed by atoms with van der Waals surface area (Å²) in [6, 6.07) is -1.19. The second-order valence-corrected chi connectivity index (χ2v) is 12.8. The highest BCUT2D eigenvalue weighted by atomic mass is 35.5. The summed E-state index contributed by atoms with van der Waals surface area (Å²) in [5, 5.41) is 2.77. The molecule has 2 saturated heterocycles. The first kappa shape index (κ1) is 35.4. The smallest absolute Gasteiger partial charge is 0.407 e. The number of alkyl carbamates (subject to hydrolysis) is 1. The molecule has 2 aliphatic rings. The van der Waals surface area contributed by atoms with Crippen molar-refractivity contribution in [2.75, 3.05) is 40.3 Å². The average Bonchev–Trinajstić information content (AvgIpc) is 3.07. The Labute approximate surface area is 232 Å². The molecule has 220 valence electrons. The van der Waals surface area contributed by atoms with E-state index in [1.807, 2.05) is 41.5 Å². The quantitative estimate of drug-likeness (QED) is 0.489. The van der Waals surface area contributed by atoms with Crippen molar-refractivity contribution in [1.29, 1.82) is 0 Å². The third kappa shape index (κ3) is 10.3. The lowest BCUT2D eigenvalue weighted by molar-refractivity contribution is -0.126. The van der Waals surface area contributed by atoms with Crippen LogP contribution in [0.3, 0.4) is 0 Å². The van der Waals surface area contributed by atoms with Crippen LogP contribution < -0.4 is 11.1 Å². The van der Waals surface area contributed by atoms with Crippen LogP contribution in [0.15, 0.2) is 0 Å². The number of nitrogens with zero attached hydrogens (tertiary/aromatic N) is 4. The van der Waals surface area contributed by atoms with Crippen LogP contribution in [0.5, 0.6) is 0 Å². The molecule has 0 aromatic rings. The van der Waals surface area contributed by atoms with E-state index in [0.29, 0.717) is 6.54 Å². The van der Waals surface area contributed by atoms with Crippen molar-refractivity contribution in [3.63, 3.8) is 0 Å². The number of nitrogens with one attached hydrogen (secondary N) is 1. The van der Waals surface area contributed by atoms with Gasteiger partial charge in [-0.05, 0) is 31.6 Å². The number of imide groups is 2. The van der Waals surface area contributed by atoms with Crippen LogP contribution in [0.2, 0.25) is 0 Å². The molecular weight excluding hydrogens is 516 g/mol. The van der Waals surface area contributed by atoms with Gasteiger partial charge in [-0.1, -0.05) is 41.5 Å². The predicted octanol–water partition coefficient (Wildman–Crippen LogP) is 2.50. The van der Waals surface area contributed by atoms with Crippen molar-refractivity contribution < 1.29 is 28.7 Å². The van der Waals surface area contributed by atoms with Gasteiger partial charge in [-0.25, -0.2) is 14.4 Å². The van der Waals surface area contributed by atoms with Crippen LogP contribution in [-0.4, -0.2) is 108 Å². The van der Waals surface area contributed by atoms with Gasteiger partial charge in [-0.15, -0.1) is 12.4 Å². The van der Waals surface area contributed by atoms with Gasteiger partial charge >= 0.3 is 18.2 Å². The Morgan fingerprint density at radius 3 is 1.50 bits per heavy atom. The number of rotatable bonds is 5. The van der Waals surface area contributed by atoms with E-state index in [9.17, 15) is 24.0 Å². The fraction of sp³-hybridized carbons (Fsp3) is 0.800. The van der Waals surface area contributed by atoms with Crippen LogP contribution in [-0.2, 0) is 14.3 Å². The Bertz CT molecular complexity index is 892. The van der Waals surface area contributed by atoms with E-state index >= 15 is 0 Å². The minimum atomic E-state index is -0.605. The molecule has 2 fully saturated rings. The molecule has 3 N–H and O–H groups in total. The summed E-state index contributed by atoms with van der Waals surface area (Å²) in [5.41, 5.74) is 4.89. The summed E-state index contributed by atoms with van der Waals surface area (Å²) >= 11 is 0. The molecule has 13 heteroatoms. The Kier molecular flexibility index (Phi) is 12.1. The molecule has 38 heavy (non-hydrogen) atoms. The average molecular weight is 563 g/mol. The SMILES string of the molecule is CN1CC(=O)N(CC(N)C(C)(C)C)C1=O.CN1CC(=O)N(CC(NC(=O)OC(C)(C)C)C(C)(C)C)C1=O.Cl. The van der Waals surface area contributed by atoms with Gasteiger partial charge in [0.2, 0.25) is 11.8 Å². The molecule has 7 amide bonds. The number of halogens is 1. The van der Waals surface area contributed by atoms with Crippen LogP contribution in [0.1, 0.15) is 62.3 Å². The van der Waals surface area contributed by atoms with Crippen LogP contribution in [0.25, 0.3) is 0 Å². The molecule has 0 saturated carbocycles. The molecule has 0 spiro atoms. The zero-order valence-corrected chi connectivity index (χ0v) is 25.5. The highest BCUT2D eigenvalue weighted by Gasteiger charge is 2.39. The molecular formula is C25H47ClN6O6. The lowest BCUT2D eigenvalue weighted by Gasteiger charge is -2.34. The van der Waals surface area contributed by atoms with Crippen molar-refractivity contribution in [3.8, 4) is 0 Å². The number of carbonyl (C=O) groups is 5. The van der Waals surface area contributed by atoms with E-state index in [2.05, 4.69) is 5.32 Å². The maximum absolute atomic E-state index is 12.0. The van der Waals surface area contributed by atoms with Crippen molar-refractivity contribution in [2.45, 2.75) is 80.0 Å². The first-order chi connectivity index (χ1) is 16.5. The molecule has 0 radical (unpaired) electrons. The number of ether oxygens (including phenoxy) is 1. The van der Waals surface area contributed by atoms with E-state index < -0.39 is 17.7 Å². The second-order valence-electron chi connectivity index (χ2n) is 12.8. The Morgan fingerprint density at radius 2 is 1.21 bits per heavy atom. The van der Waals surface area contributed by atoms with Gasteiger partial charge in [0.15, 0.2) is 0 Å². The van der Waals surface area contributed by atoms with Gasteiger partial charge in [0, 0.05) is 26.7 Å². The summed E-state index contributed by atoms with van der Waals surface area (Å²) in [7, 11) is 3.19. The fourth-order valence-electron chi connectivity index (χ4n) is 3.34. The Morgan fingerprint density at radius 1 is 0.816 bits per heavy atom. The van der Waals surface area contributed by atoms with Crippen LogP contribution >= 0.6 is 12.4 Å². The highest BCUT2D eigenvalue weighted by Crippen LogP contribution is 2.23. The standard InChI is InChI=1S/C15H27N3O4.C10H19N3O2.ClH/c1-14(2,3)10(16-12(20)22-15(4,5)6)8-18-11(19)9-17(7)13(18)21;1-10(2,3)7(11)5-13-8(14)6-12(4)9(13)15;/h10H,8-9H2,1-7H3,(H,16,20);7H,5-6,11H2,1-4H3;1H. The predicted molar refractivity (Wildman–Crippen MR) is 147 cm³/mol. The van der Waals surface area contributed by atoms with Crippen LogP contribution in [0, 0.1) is 10.8 Å². The summed E-state index contributed by atoms with van der Waals surface area (Å²) in [5.74, 6) is -0.421. The highest BCUT2D eigenvalue weighted by molar-refractivity contribution is 6.02. The monoisotopic (exact) mass is 562 g/mol. The third-order valence-electron chi connectivity index (χ3n) is 6.06. The van der Waals surface area contributed by atoms with Gasteiger partial charge < -0.3 is 25.6 Å². The lowest BCUT2D eigenvalue weighted by atomic mass is 9.86. The fourth-order valence-corrected chi connectivity index (χ4v) is 3.34. The first-order valence-electron chi connectivity index (χ1n) is 12.4. The molecule has 2 unspecified atom stereocenters. The number of amides is 7. The van der Waals surface area contributed by atoms with Gasteiger partial charge in [0.25, 0.3) is 0 Å². The minimum absolute atomic E-state index is 0. The first-order valence-corrected chi connectivity index (χ1v) is 12.4. The molecule has 0 aromatic heterocycles. The van der Waals surface area contributed by atoms with Gasteiger partial charge in [0.05, 0.1) is 12.6 Å². The summed E-state index contributed by atoms with van der Waals surface area (Å²) in [4.78, 5) is 64.0. The largest absolute Gasteiger partial charge is 0.444 e. The van der Waals surface area contributed by atoms with E-state index in [1.165, 1.54) is 19.6 Å². The lowest BCUT2D eigenvalue weighted by Crippen LogP contribution is -2.53. The summed E-state index contributed by atoms with van der Waals surface area (Å²) in [6.45, 7) is 17.8. The van der Waals surface area contributed by atoms with Crippen molar-refractivity contribution in [3.05, 3.63) is 0 Å². The number of hydrogen-bond acceptors (Lipinski definition) is 7. The zero-order chi connectivity index (χ0) is 29.1. The second kappa shape index (κ2) is 13.0. The van der Waals surface area contributed by atoms with E-state index in [4.69, 9.17) is 10.5 Å². The van der Waals surface area contributed by atoms with E-state index in [1.54, 1.807) is 34.9 Å². The maximum atomic E-state index is 12.0. The minimum Gasteiger partial charge on any atom is -0.444 e. The summed E-state index contributed by atoms with van der Waals surface area (Å²) in [6.07, 6.45) is -0.556. The van der Waals surface area contributed by atoms with Crippen LogP contribution in [0.4, 0.5) is 14.4 Å². The molecule has 2 atom stereocenters. The molecule has 2 rings (SSSR count). The van der Waals surface area contributed by atoms with Crippen molar-refractivity contribution in [1.82, 2.24) is 24.9 Å². The van der Waals surface area contributed by atoms with Crippen molar-refractivity contribution >= 4 is 42.4 Å². The number of hydrogen-bond donors (Lipinski definition) is 2. The topological polar surface area (TPSA) is 146 Å². The number of likely N-dealkylation sites (N-methyl/N-ethyl adjacent to an activating group) is 2. The van der Waals surface area contributed by atoms with Gasteiger partial charge in [-0.3, -0.25) is 19.4 Å². The maximum Gasteiger partial charge on any atom is 0.407 e. The molecule has 2 aliphatic heterocycles. The number of urea groups is 2. The Balaban J connectivity index is 0.000000750.